The summed E-state index contributed by atoms with van der Waals surface area (Å²) in [7, 11) is 1.60. The molecule has 27 heavy (non-hydrogen) atoms. The average molecular weight is 392 g/mol. The van der Waals surface area contributed by atoms with Crippen molar-refractivity contribution in [2.75, 3.05) is 11.1 Å². The van der Waals surface area contributed by atoms with Crippen LogP contribution in [0.2, 0.25) is 5.15 Å². The lowest BCUT2D eigenvalue weighted by atomic mass is 10.2. The fraction of sp³-hybridized carbons (Fsp3) is 0.188. The summed E-state index contributed by atoms with van der Waals surface area (Å²) in [5.41, 5.74) is 7.17. The maximum absolute atomic E-state index is 13.4. The predicted molar refractivity (Wildman–Crippen MR) is 96.4 cm³/mol. The second kappa shape index (κ2) is 7.54. The Morgan fingerprint density at radius 3 is 2.85 bits per heavy atom. The van der Waals surface area contributed by atoms with Gasteiger partial charge in [0.2, 0.25) is 0 Å². The van der Waals surface area contributed by atoms with E-state index in [1.54, 1.807) is 26.1 Å². The zero-order valence-electron chi connectivity index (χ0n) is 14.3. The van der Waals surface area contributed by atoms with Crippen molar-refractivity contribution in [1.82, 2.24) is 25.0 Å². The molecule has 9 nitrogen and oxygen atoms in total. The van der Waals surface area contributed by atoms with Crippen molar-refractivity contribution in [2.45, 2.75) is 13.0 Å². The molecular formula is C16H15ClFN7O2. The molecule has 1 amide bonds. The van der Waals surface area contributed by atoms with Gasteiger partial charge in [-0.2, -0.15) is 0 Å². The molecule has 0 unspecified atom stereocenters. The molecule has 0 aromatic carbocycles. The summed E-state index contributed by atoms with van der Waals surface area (Å²) in [5, 5.41) is 10.5. The van der Waals surface area contributed by atoms with Crippen LogP contribution < -0.4 is 11.1 Å². The fourth-order valence-corrected chi connectivity index (χ4v) is 2.55. The highest BCUT2D eigenvalue weighted by Gasteiger charge is 2.20. The molecule has 0 bridgehead atoms. The molecule has 0 aliphatic rings. The molecule has 0 spiro atoms. The van der Waals surface area contributed by atoms with E-state index in [-0.39, 0.29) is 16.5 Å². The first-order valence-electron chi connectivity index (χ1n) is 7.75. The van der Waals surface area contributed by atoms with Gasteiger partial charge in [-0.15, -0.1) is 5.10 Å². The number of pyridine rings is 2. The van der Waals surface area contributed by atoms with Crippen LogP contribution in [-0.4, -0.2) is 31.1 Å². The summed E-state index contributed by atoms with van der Waals surface area (Å²) in [4.78, 5) is 20.1. The average Bonchev–Trinajstić information content (AvgIpc) is 2.98. The third-order valence-electron chi connectivity index (χ3n) is 3.63. The van der Waals surface area contributed by atoms with Gasteiger partial charge in [0, 0.05) is 12.6 Å². The third-order valence-corrected chi connectivity index (χ3v) is 3.95. The summed E-state index contributed by atoms with van der Waals surface area (Å²) < 4.78 is 20.0. The van der Waals surface area contributed by atoms with Crippen molar-refractivity contribution in [3.8, 4) is 11.4 Å². The topological polar surface area (TPSA) is 121 Å². The molecule has 0 saturated carbocycles. The number of aryl methyl sites for hydroxylation is 1. The summed E-state index contributed by atoms with van der Waals surface area (Å²) in [6.07, 6.45) is 0.809. The molecule has 3 N–H and O–H groups in total. The molecule has 3 aromatic rings. The SMILES string of the molecule is C[C@@H](OC(=O)Nc1c(-c2ccc(N)cn2)nnn1C)c1cc(F)cnc1Cl. The van der Waals surface area contributed by atoms with Crippen LogP contribution >= 0.6 is 11.6 Å². The van der Waals surface area contributed by atoms with Crippen LogP contribution in [0.15, 0.2) is 30.6 Å². The zero-order chi connectivity index (χ0) is 19.6. The lowest BCUT2D eigenvalue weighted by Gasteiger charge is -2.15. The summed E-state index contributed by atoms with van der Waals surface area (Å²) in [6.45, 7) is 1.55. The summed E-state index contributed by atoms with van der Waals surface area (Å²) >= 11 is 5.93. The van der Waals surface area contributed by atoms with E-state index in [0.29, 0.717) is 17.1 Å². The first-order chi connectivity index (χ1) is 12.8. The van der Waals surface area contributed by atoms with E-state index >= 15 is 0 Å². The minimum atomic E-state index is -0.833. The number of nitrogens with zero attached hydrogens (tertiary/aromatic N) is 5. The molecule has 0 radical (unpaired) electrons. The second-order valence-corrected chi connectivity index (χ2v) is 5.95. The van der Waals surface area contributed by atoms with Crippen LogP contribution in [0, 0.1) is 5.82 Å². The van der Waals surface area contributed by atoms with E-state index < -0.39 is 18.0 Å². The highest BCUT2D eigenvalue weighted by atomic mass is 35.5. The fourth-order valence-electron chi connectivity index (χ4n) is 2.29. The Hall–Kier alpha value is -3.27. The number of halogens is 2. The van der Waals surface area contributed by atoms with Gasteiger partial charge in [0.05, 0.1) is 23.8 Å². The largest absolute Gasteiger partial charge is 0.441 e. The monoisotopic (exact) mass is 391 g/mol. The van der Waals surface area contributed by atoms with Crippen molar-refractivity contribution in [3.05, 3.63) is 47.1 Å². The van der Waals surface area contributed by atoms with Gasteiger partial charge in [-0.05, 0) is 25.1 Å². The molecule has 0 aliphatic carbocycles. The number of hydrogen-bond acceptors (Lipinski definition) is 7. The molecule has 11 heteroatoms. The van der Waals surface area contributed by atoms with E-state index in [0.717, 1.165) is 12.3 Å². The predicted octanol–water partition coefficient (Wildman–Crippen LogP) is 2.96. The molecule has 3 heterocycles. The second-order valence-electron chi connectivity index (χ2n) is 5.59. The van der Waals surface area contributed by atoms with Gasteiger partial charge in [0.25, 0.3) is 0 Å². The molecule has 0 fully saturated rings. The smallest absolute Gasteiger partial charge is 0.413 e. The zero-order valence-corrected chi connectivity index (χ0v) is 15.1. The summed E-state index contributed by atoms with van der Waals surface area (Å²) in [5.74, 6) is -0.314. The van der Waals surface area contributed by atoms with E-state index in [2.05, 4.69) is 25.6 Å². The number of nitrogens with one attached hydrogen (secondary N) is 1. The van der Waals surface area contributed by atoms with Gasteiger partial charge in [-0.1, -0.05) is 16.8 Å². The number of amides is 1. The lowest BCUT2D eigenvalue weighted by Crippen LogP contribution is -2.18. The number of carbonyl (C=O) groups excluding carboxylic acids is 1. The normalized spacial score (nSPS) is 11.9. The highest BCUT2D eigenvalue weighted by molar-refractivity contribution is 6.30. The molecule has 0 saturated heterocycles. The molecule has 1 atom stereocenters. The van der Waals surface area contributed by atoms with Crippen LogP contribution in [-0.2, 0) is 11.8 Å². The van der Waals surface area contributed by atoms with Gasteiger partial charge in [0.1, 0.15) is 17.1 Å². The van der Waals surface area contributed by atoms with Crippen molar-refractivity contribution >= 4 is 29.2 Å². The Balaban J connectivity index is 1.77. The Morgan fingerprint density at radius 1 is 1.37 bits per heavy atom. The van der Waals surface area contributed by atoms with E-state index in [1.165, 1.54) is 10.9 Å². The highest BCUT2D eigenvalue weighted by Crippen LogP contribution is 2.27. The quantitative estimate of drug-likeness (QED) is 0.655. The molecule has 3 rings (SSSR count). The number of hydrogen-bond donors (Lipinski definition) is 2. The van der Waals surface area contributed by atoms with E-state index in [9.17, 15) is 9.18 Å². The maximum atomic E-state index is 13.4. The number of ether oxygens (including phenoxy) is 1. The Morgan fingerprint density at radius 2 is 2.15 bits per heavy atom. The number of rotatable bonds is 4. The minimum absolute atomic E-state index is 0.0469. The first kappa shape index (κ1) is 18.5. The van der Waals surface area contributed by atoms with Crippen LogP contribution in [0.25, 0.3) is 11.4 Å². The van der Waals surface area contributed by atoms with Gasteiger partial charge in [-0.3, -0.25) is 10.3 Å². The minimum Gasteiger partial charge on any atom is -0.441 e. The van der Waals surface area contributed by atoms with Crippen molar-refractivity contribution in [1.29, 1.82) is 0 Å². The number of carbonyl (C=O) groups is 1. The number of nitrogen functional groups attached to an aromatic ring is 1. The van der Waals surface area contributed by atoms with Crippen molar-refractivity contribution < 1.29 is 13.9 Å². The van der Waals surface area contributed by atoms with Crippen molar-refractivity contribution in [3.63, 3.8) is 0 Å². The van der Waals surface area contributed by atoms with E-state index in [4.69, 9.17) is 22.1 Å². The van der Waals surface area contributed by atoms with Gasteiger partial charge >= 0.3 is 6.09 Å². The molecular weight excluding hydrogens is 377 g/mol. The first-order valence-corrected chi connectivity index (χ1v) is 8.13. The van der Waals surface area contributed by atoms with Crippen LogP contribution in [0.1, 0.15) is 18.6 Å². The maximum Gasteiger partial charge on any atom is 0.413 e. The van der Waals surface area contributed by atoms with E-state index in [1.807, 2.05) is 0 Å². The standard InChI is InChI=1S/C16H15ClFN7O2/c1-8(11-5-9(18)6-21-14(11)17)27-16(26)22-15-13(23-24-25(15)2)12-4-3-10(19)7-20-12/h3-8H,19H2,1-2H3,(H,22,26)/t8-/m1/s1. The van der Waals surface area contributed by atoms with Gasteiger partial charge in [-0.25, -0.2) is 18.9 Å². The van der Waals surface area contributed by atoms with Crippen LogP contribution in [0.5, 0.6) is 0 Å². The molecule has 140 valence electrons. The number of aromatic nitrogens is 5. The molecule has 3 aromatic heterocycles. The lowest BCUT2D eigenvalue weighted by molar-refractivity contribution is 0.120. The van der Waals surface area contributed by atoms with Gasteiger partial charge < -0.3 is 10.5 Å². The third kappa shape index (κ3) is 4.11. The van der Waals surface area contributed by atoms with Crippen LogP contribution in [0.3, 0.4) is 0 Å². The van der Waals surface area contributed by atoms with Crippen molar-refractivity contribution in [2.24, 2.45) is 7.05 Å². The molecule has 0 aliphatic heterocycles. The Kier molecular flexibility index (Phi) is 5.17. The number of nitrogens with two attached hydrogens (primary N) is 1. The van der Waals surface area contributed by atoms with Crippen LogP contribution in [0.4, 0.5) is 20.7 Å². The number of anilines is 2. The summed E-state index contributed by atoms with van der Waals surface area (Å²) in [6, 6.07) is 4.46. The van der Waals surface area contributed by atoms with Gasteiger partial charge in [0.15, 0.2) is 11.5 Å². The Bertz CT molecular complexity index is 977. The Labute approximate surface area is 158 Å².